The van der Waals surface area contributed by atoms with E-state index in [4.69, 9.17) is 5.73 Å². The smallest absolute Gasteiger partial charge is 0.279 e. The molecule has 0 amide bonds. The van der Waals surface area contributed by atoms with Gasteiger partial charge in [0.15, 0.2) is 0 Å². The highest BCUT2D eigenvalue weighted by atomic mass is 79.9. The van der Waals surface area contributed by atoms with E-state index in [1.54, 1.807) is 0 Å². The molecular formula is C11H18BrN3O2S2. The summed E-state index contributed by atoms with van der Waals surface area (Å²) in [7, 11) is -3.37. The normalized spacial score (nSPS) is 18.8. The van der Waals surface area contributed by atoms with Crippen molar-refractivity contribution in [3.05, 3.63) is 20.8 Å². The number of nitrogens with zero attached hydrogens (tertiary/aromatic N) is 1. The quantitative estimate of drug-likeness (QED) is 0.828. The maximum Gasteiger partial charge on any atom is 0.279 e. The first-order chi connectivity index (χ1) is 9.01. The fraction of sp³-hybridized carbons (Fsp3) is 0.636. The lowest BCUT2D eigenvalue weighted by atomic mass is 9.99. The van der Waals surface area contributed by atoms with Crippen molar-refractivity contribution in [3.8, 4) is 0 Å². The van der Waals surface area contributed by atoms with Crippen LogP contribution in [-0.4, -0.2) is 32.4 Å². The van der Waals surface area contributed by atoms with Gasteiger partial charge < -0.3 is 5.73 Å². The topological polar surface area (TPSA) is 75.4 Å². The van der Waals surface area contributed by atoms with Gasteiger partial charge >= 0.3 is 0 Å². The fourth-order valence-corrected chi connectivity index (χ4v) is 4.81. The van der Waals surface area contributed by atoms with Crippen LogP contribution in [0.4, 0.5) is 0 Å². The summed E-state index contributed by atoms with van der Waals surface area (Å²) in [6.07, 6.45) is 1.70. The summed E-state index contributed by atoms with van der Waals surface area (Å²) in [5.74, 6) is 0.458. The second-order valence-electron chi connectivity index (χ2n) is 4.61. The molecule has 0 aliphatic carbocycles. The van der Waals surface area contributed by atoms with Crippen molar-refractivity contribution in [2.45, 2.75) is 19.4 Å². The van der Waals surface area contributed by atoms with Crippen LogP contribution >= 0.6 is 27.3 Å². The summed E-state index contributed by atoms with van der Waals surface area (Å²) < 4.78 is 29.4. The number of piperidine rings is 1. The highest BCUT2D eigenvalue weighted by Crippen LogP contribution is 2.22. The summed E-state index contributed by atoms with van der Waals surface area (Å²) in [5.41, 5.74) is 5.61. The Balaban J connectivity index is 1.88. The third kappa shape index (κ3) is 4.24. The lowest BCUT2D eigenvalue weighted by Gasteiger charge is -2.30. The molecule has 0 radical (unpaired) electrons. The van der Waals surface area contributed by atoms with Gasteiger partial charge in [-0.2, -0.15) is 17.4 Å². The van der Waals surface area contributed by atoms with Gasteiger partial charge in [-0.25, -0.2) is 0 Å². The Morgan fingerprint density at radius 3 is 2.63 bits per heavy atom. The molecule has 3 N–H and O–H groups in total. The van der Waals surface area contributed by atoms with E-state index in [1.807, 2.05) is 12.1 Å². The van der Waals surface area contributed by atoms with Crippen molar-refractivity contribution in [2.24, 2.45) is 11.7 Å². The molecule has 0 aromatic carbocycles. The van der Waals surface area contributed by atoms with E-state index in [1.165, 1.54) is 15.6 Å². The van der Waals surface area contributed by atoms with Crippen LogP contribution in [0.3, 0.4) is 0 Å². The molecule has 2 rings (SSSR count). The van der Waals surface area contributed by atoms with E-state index >= 15 is 0 Å². The molecule has 19 heavy (non-hydrogen) atoms. The zero-order valence-corrected chi connectivity index (χ0v) is 13.7. The van der Waals surface area contributed by atoms with Gasteiger partial charge in [-0.15, -0.1) is 11.3 Å². The predicted molar refractivity (Wildman–Crippen MR) is 81.1 cm³/mol. The van der Waals surface area contributed by atoms with E-state index in [0.29, 0.717) is 32.1 Å². The second kappa shape index (κ2) is 6.64. The first-order valence-electron chi connectivity index (χ1n) is 6.20. The molecular weight excluding hydrogens is 350 g/mol. The molecule has 2 heterocycles. The minimum Gasteiger partial charge on any atom is -0.330 e. The van der Waals surface area contributed by atoms with Gasteiger partial charge in [0, 0.05) is 24.5 Å². The molecule has 108 valence electrons. The van der Waals surface area contributed by atoms with Crippen LogP contribution in [-0.2, 0) is 16.8 Å². The number of hydrogen-bond donors (Lipinski definition) is 2. The maximum atomic E-state index is 12.1. The summed E-state index contributed by atoms with van der Waals surface area (Å²) in [6.45, 7) is 2.11. The van der Waals surface area contributed by atoms with E-state index in [9.17, 15) is 8.42 Å². The molecule has 1 aromatic rings. The van der Waals surface area contributed by atoms with E-state index in [2.05, 4.69) is 20.7 Å². The molecule has 0 spiro atoms. The maximum absolute atomic E-state index is 12.1. The van der Waals surface area contributed by atoms with E-state index in [-0.39, 0.29) is 0 Å². The lowest BCUT2D eigenvalue weighted by Crippen LogP contribution is -2.45. The van der Waals surface area contributed by atoms with E-state index in [0.717, 1.165) is 21.5 Å². The highest BCUT2D eigenvalue weighted by Gasteiger charge is 2.27. The Bertz CT molecular complexity index is 510. The molecule has 0 unspecified atom stereocenters. The van der Waals surface area contributed by atoms with Gasteiger partial charge in [-0.1, -0.05) is 0 Å². The van der Waals surface area contributed by atoms with Crippen LogP contribution in [0, 0.1) is 5.92 Å². The summed E-state index contributed by atoms with van der Waals surface area (Å²) in [5, 5.41) is 0. The van der Waals surface area contributed by atoms with Crippen molar-refractivity contribution in [2.75, 3.05) is 19.6 Å². The molecule has 5 nitrogen and oxygen atoms in total. The SMILES string of the molecule is NCC1CCN(S(=O)(=O)NCc2ccc(Br)s2)CC1. The number of rotatable bonds is 5. The van der Waals surface area contributed by atoms with Crippen LogP contribution < -0.4 is 10.5 Å². The third-order valence-electron chi connectivity index (χ3n) is 3.30. The molecule has 1 aliphatic rings. The Morgan fingerprint density at radius 2 is 2.11 bits per heavy atom. The van der Waals surface area contributed by atoms with Crippen LogP contribution in [0.1, 0.15) is 17.7 Å². The third-order valence-corrected chi connectivity index (χ3v) is 6.48. The number of hydrogen-bond acceptors (Lipinski definition) is 4. The Labute approximate surface area is 126 Å². The minimum atomic E-state index is -3.37. The Kier molecular flexibility index (Phi) is 5.38. The molecule has 8 heteroatoms. The second-order valence-corrected chi connectivity index (χ2v) is 8.91. The van der Waals surface area contributed by atoms with Gasteiger partial charge in [0.25, 0.3) is 10.2 Å². The predicted octanol–water partition coefficient (Wildman–Crippen LogP) is 1.52. The molecule has 1 fully saturated rings. The monoisotopic (exact) mass is 367 g/mol. The Morgan fingerprint density at radius 1 is 1.42 bits per heavy atom. The van der Waals surface area contributed by atoms with Gasteiger partial charge in [-0.05, 0) is 53.4 Å². The van der Waals surface area contributed by atoms with Gasteiger partial charge in [0.05, 0.1) is 3.79 Å². The van der Waals surface area contributed by atoms with Crippen molar-refractivity contribution in [1.82, 2.24) is 9.03 Å². The average Bonchev–Trinajstić information content (AvgIpc) is 2.82. The molecule has 0 atom stereocenters. The zero-order chi connectivity index (χ0) is 13.9. The van der Waals surface area contributed by atoms with Crippen molar-refractivity contribution >= 4 is 37.5 Å². The summed E-state index contributed by atoms with van der Waals surface area (Å²) >= 11 is 4.90. The molecule has 1 aliphatic heterocycles. The summed E-state index contributed by atoms with van der Waals surface area (Å²) in [4.78, 5) is 0.993. The van der Waals surface area contributed by atoms with Gasteiger partial charge in [-0.3, -0.25) is 0 Å². The van der Waals surface area contributed by atoms with Gasteiger partial charge in [0.2, 0.25) is 0 Å². The fourth-order valence-electron chi connectivity index (χ4n) is 2.09. The largest absolute Gasteiger partial charge is 0.330 e. The highest BCUT2D eigenvalue weighted by molar-refractivity contribution is 9.11. The average molecular weight is 368 g/mol. The Hall–Kier alpha value is 0.01000. The number of halogens is 1. The molecule has 0 saturated carbocycles. The summed E-state index contributed by atoms with van der Waals surface area (Å²) in [6, 6.07) is 3.83. The van der Waals surface area contributed by atoms with Crippen LogP contribution in [0.2, 0.25) is 0 Å². The molecule has 0 bridgehead atoms. The lowest BCUT2D eigenvalue weighted by molar-refractivity contribution is 0.276. The minimum absolute atomic E-state index is 0.343. The van der Waals surface area contributed by atoms with Crippen molar-refractivity contribution in [3.63, 3.8) is 0 Å². The first-order valence-corrected chi connectivity index (χ1v) is 9.25. The number of nitrogens with one attached hydrogen (secondary N) is 1. The number of nitrogens with two attached hydrogens (primary N) is 1. The molecule has 1 saturated heterocycles. The number of thiophene rings is 1. The molecule has 1 aromatic heterocycles. The van der Waals surface area contributed by atoms with Gasteiger partial charge in [0.1, 0.15) is 0 Å². The van der Waals surface area contributed by atoms with Crippen LogP contribution in [0.25, 0.3) is 0 Å². The zero-order valence-electron chi connectivity index (χ0n) is 10.5. The van der Waals surface area contributed by atoms with Crippen LogP contribution in [0.15, 0.2) is 15.9 Å². The van der Waals surface area contributed by atoms with E-state index < -0.39 is 10.2 Å². The van der Waals surface area contributed by atoms with Crippen molar-refractivity contribution < 1.29 is 8.42 Å². The van der Waals surface area contributed by atoms with Crippen LogP contribution in [0.5, 0.6) is 0 Å². The first kappa shape index (κ1) is 15.4. The standard InChI is InChI=1S/C11H18BrN3O2S2/c12-11-2-1-10(18-11)8-14-19(16,17)15-5-3-9(7-13)4-6-15/h1-2,9,14H,3-8,13H2. The van der Waals surface area contributed by atoms with Crippen molar-refractivity contribution in [1.29, 1.82) is 0 Å².